The maximum Gasteiger partial charge on any atom is 0.277 e. The number of amides is 3. The zero-order valence-corrected chi connectivity index (χ0v) is 13.4. The van der Waals surface area contributed by atoms with Crippen molar-refractivity contribution in [1.29, 1.82) is 0 Å². The van der Waals surface area contributed by atoms with E-state index in [1.165, 1.54) is 5.48 Å². The first-order chi connectivity index (χ1) is 12.0. The molecule has 2 N–H and O–H groups in total. The number of rotatable bonds is 6. The predicted molar refractivity (Wildman–Crippen MR) is 88.0 cm³/mol. The smallest absolute Gasteiger partial charge is 0.277 e. The van der Waals surface area contributed by atoms with Crippen molar-refractivity contribution in [2.75, 3.05) is 6.54 Å². The lowest BCUT2D eigenvalue weighted by molar-refractivity contribution is -0.134. The molecule has 3 rings (SSSR count). The number of hydrogen-bond donors (Lipinski definition) is 2. The first kappa shape index (κ1) is 17.0. The maximum absolute atomic E-state index is 13.3. The van der Waals surface area contributed by atoms with Crippen molar-refractivity contribution in [2.45, 2.75) is 25.4 Å². The molecule has 1 heterocycles. The number of nitrogens with zero attached hydrogens (tertiary/aromatic N) is 1. The summed E-state index contributed by atoms with van der Waals surface area (Å²) in [5, 5.41) is 9.87. The highest BCUT2D eigenvalue weighted by Crippen LogP contribution is 2.30. The lowest BCUT2D eigenvalue weighted by Crippen LogP contribution is -2.41. The predicted octanol–water partition coefficient (Wildman–Crippen LogP) is 2.45. The number of carbonyl (C=O) groups is 3. The second kappa shape index (κ2) is 6.98. The Kier molecular flexibility index (Phi) is 4.76. The van der Waals surface area contributed by atoms with Crippen molar-refractivity contribution in [3.63, 3.8) is 0 Å². The van der Waals surface area contributed by atoms with E-state index >= 15 is 0 Å². The van der Waals surface area contributed by atoms with E-state index in [1.807, 2.05) is 12.1 Å². The van der Waals surface area contributed by atoms with Gasteiger partial charge in [-0.15, -0.1) is 0 Å². The van der Waals surface area contributed by atoms with Gasteiger partial charge in [-0.2, -0.15) is 0 Å². The number of hydroxylamine groups is 1. The number of carbonyl (C=O) groups excluding carboxylic acids is 3. The standard InChI is InChI=1S/C18H17FN2O4/c19-14(16(22)20-25)9-1-2-10-21-17(23)12-7-3-5-11-6-4-8-13(15(11)12)18(21)24/h3-8,14,25H,1-2,9-10H2,(H,20,22). The summed E-state index contributed by atoms with van der Waals surface area (Å²) in [6, 6.07) is 10.6. The van der Waals surface area contributed by atoms with Gasteiger partial charge in [-0.25, -0.2) is 9.87 Å². The molecule has 6 nitrogen and oxygen atoms in total. The molecule has 0 fully saturated rings. The van der Waals surface area contributed by atoms with Crippen LogP contribution in [0.15, 0.2) is 36.4 Å². The fourth-order valence-electron chi connectivity index (χ4n) is 3.08. The van der Waals surface area contributed by atoms with E-state index in [0.29, 0.717) is 29.4 Å². The van der Waals surface area contributed by atoms with Gasteiger partial charge < -0.3 is 0 Å². The van der Waals surface area contributed by atoms with Crippen LogP contribution < -0.4 is 5.48 Å². The minimum Gasteiger partial charge on any atom is -0.289 e. The van der Waals surface area contributed by atoms with Crippen LogP contribution in [-0.2, 0) is 4.79 Å². The molecule has 3 amide bonds. The summed E-state index contributed by atoms with van der Waals surface area (Å²) < 4.78 is 13.3. The van der Waals surface area contributed by atoms with Crippen LogP contribution in [-0.4, -0.2) is 40.5 Å². The molecule has 0 aromatic heterocycles. The van der Waals surface area contributed by atoms with E-state index in [9.17, 15) is 18.8 Å². The molecule has 2 aromatic rings. The Morgan fingerprint density at radius 2 is 1.68 bits per heavy atom. The van der Waals surface area contributed by atoms with Crippen LogP contribution in [0.1, 0.15) is 40.0 Å². The van der Waals surface area contributed by atoms with E-state index in [-0.39, 0.29) is 24.8 Å². The fourth-order valence-corrected chi connectivity index (χ4v) is 3.08. The lowest BCUT2D eigenvalue weighted by atomic mass is 9.94. The number of nitrogens with one attached hydrogen (secondary N) is 1. The third-order valence-corrected chi connectivity index (χ3v) is 4.34. The van der Waals surface area contributed by atoms with Crippen molar-refractivity contribution in [3.05, 3.63) is 47.5 Å². The molecular weight excluding hydrogens is 327 g/mol. The monoisotopic (exact) mass is 344 g/mol. The topological polar surface area (TPSA) is 86.7 Å². The van der Waals surface area contributed by atoms with Gasteiger partial charge in [0.2, 0.25) is 0 Å². The number of halogens is 1. The maximum atomic E-state index is 13.3. The number of imide groups is 1. The summed E-state index contributed by atoms with van der Waals surface area (Å²) in [6.07, 6.45) is -1.23. The summed E-state index contributed by atoms with van der Waals surface area (Å²) in [6.45, 7) is 0.149. The summed E-state index contributed by atoms with van der Waals surface area (Å²) in [4.78, 5) is 37.3. The lowest BCUT2D eigenvalue weighted by Gasteiger charge is -2.27. The van der Waals surface area contributed by atoms with E-state index in [0.717, 1.165) is 10.3 Å². The molecule has 7 heteroatoms. The van der Waals surface area contributed by atoms with Crippen LogP contribution in [0.3, 0.4) is 0 Å². The van der Waals surface area contributed by atoms with E-state index in [2.05, 4.69) is 0 Å². The van der Waals surface area contributed by atoms with Crippen LogP contribution in [0.2, 0.25) is 0 Å². The average Bonchev–Trinajstić information content (AvgIpc) is 2.64. The van der Waals surface area contributed by atoms with Gasteiger partial charge in [0.25, 0.3) is 17.7 Å². The van der Waals surface area contributed by atoms with Crippen LogP contribution in [0.4, 0.5) is 4.39 Å². The number of hydrogen-bond acceptors (Lipinski definition) is 4. The van der Waals surface area contributed by atoms with Crippen LogP contribution in [0.25, 0.3) is 10.8 Å². The third kappa shape index (κ3) is 3.10. The molecule has 0 spiro atoms. The number of benzene rings is 2. The minimum absolute atomic E-state index is 0.0885. The molecule has 130 valence electrons. The van der Waals surface area contributed by atoms with Crippen molar-refractivity contribution in [3.8, 4) is 0 Å². The largest absolute Gasteiger partial charge is 0.289 e. The first-order valence-corrected chi connectivity index (χ1v) is 8.00. The molecule has 0 saturated carbocycles. The molecule has 1 aliphatic heterocycles. The molecule has 0 bridgehead atoms. The molecule has 1 unspecified atom stereocenters. The quantitative estimate of drug-likeness (QED) is 0.365. The minimum atomic E-state index is -1.81. The Morgan fingerprint density at radius 1 is 1.08 bits per heavy atom. The summed E-state index contributed by atoms with van der Waals surface area (Å²) in [5.41, 5.74) is 2.22. The van der Waals surface area contributed by atoms with Crippen molar-refractivity contribution < 1.29 is 24.0 Å². The van der Waals surface area contributed by atoms with E-state index < -0.39 is 12.1 Å². The third-order valence-electron chi connectivity index (χ3n) is 4.34. The van der Waals surface area contributed by atoms with Gasteiger partial charge in [0.1, 0.15) is 0 Å². The second-order valence-electron chi connectivity index (χ2n) is 5.91. The van der Waals surface area contributed by atoms with Gasteiger partial charge in [0.05, 0.1) is 0 Å². The molecule has 0 radical (unpaired) electrons. The molecule has 0 saturated heterocycles. The van der Waals surface area contributed by atoms with Crippen LogP contribution in [0.5, 0.6) is 0 Å². The zero-order valence-electron chi connectivity index (χ0n) is 13.4. The van der Waals surface area contributed by atoms with E-state index in [1.54, 1.807) is 24.3 Å². The molecule has 1 aliphatic rings. The number of unbranched alkanes of at least 4 members (excludes halogenated alkanes) is 1. The van der Waals surface area contributed by atoms with Crippen molar-refractivity contribution in [2.24, 2.45) is 0 Å². The first-order valence-electron chi connectivity index (χ1n) is 8.00. The zero-order chi connectivity index (χ0) is 18.0. The summed E-state index contributed by atoms with van der Waals surface area (Å²) in [5.74, 6) is -1.82. The van der Waals surface area contributed by atoms with Gasteiger partial charge >= 0.3 is 0 Å². The molecule has 25 heavy (non-hydrogen) atoms. The Bertz CT molecular complexity index is 801. The molecular formula is C18H17FN2O4. The Balaban J connectivity index is 1.71. The SMILES string of the molecule is O=C(NO)C(F)CCCCN1C(=O)c2cccc3cccc(c23)C1=O. The van der Waals surface area contributed by atoms with Gasteiger partial charge in [-0.05, 0) is 36.8 Å². The summed E-state index contributed by atoms with van der Waals surface area (Å²) >= 11 is 0. The van der Waals surface area contributed by atoms with Gasteiger partial charge in [-0.1, -0.05) is 24.3 Å². The van der Waals surface area contributed by atoms with Crippen molar-refractivity contribution in [1.82, 2.24) is 10.4 Å². The van der Waals surface area contributed by atoms with Crippen molar-refractivity contribution >= 4 is 28.5 Å². The highest BCUT2D eigenvalue weighted by Gasteiger charge is 2.32. The van der Waals surface area contributed by atoms with E-state index in [4.69, 9.17) is 5.21 Å². The highest BCUT2D eigenvalue weighted by molar-refractivity contribution is 6.25. The fraction of sp³-hybridized carbons (Fsp3) is 0.278. The highest BCUT2D eigenvalue weighted by atomic mass is 19.1. The van der Waals surface area contributed by atoms with Gasteiger partial charge in [0, 0.05) is 23.1 Å². The van der Waals surface area contributed by atoms with Gasteiger partial charge in [-0.3, -0.25) is 24.5 Å². The Labute approximate surface area is 143 Å². The number of alkyl halides is 1. The Morgan fingerprint density at radius 3 is 2.24 bits per heavy atom. The van der Waals surface area contributed by atoms with Crippen LogP contribution >= 0.6 is 0 Å². The van der Waals surface area contributed by atoms with Gasteiger partial charge in [0.15, 0.2) is 6.17 Å². The average molecular weight is 344 g/mol. The molecule has 0 aliphatic carbocycles. The summed E-state index contributed by atoms with van der Waals surface area (Å²) in [7, 11) is 0. The molecule has 1 atom stereocenters. The van der Waals surface area contributed by atoms with Crippen LogP contribution in [0, 0.1) is 0 Å². The molecule has 2 aromatic carbocycles. The second-order valence-corrected chi connectivity index (χ2v) is 5.91. The normalized spacial score (nSPS) is 14.7. The Hall–Kier alpha value is -2.80.